The summed E-state index contributed by atoms with van der Waals surface area (Å²) in [5, 5.41) is 8.49. The quantitative estimate of drug-likeness (QED) is 0.918. The van der Waals surface area contributed by atoms with E-state index < -0.39 is 21.1 Å². The minimum atomic E-state index is -3.47. The highest BCUT2D eigenvalue weighted by molar-refractivity contribution is 7.92. The van der Waals surface area contributed by atoms with Crippen molar-refractivity contribution in [2.75, 3.05) is 0 Å². The summed E-state index contributed by atoms with van der Waals surface area (Å²) in [5.74, 6) is -0.409. The van der Waals surface area contributed by atoms with Crippen LogP contribution in [0.5, 0.6) is 0 Å². The SMILES string of the molecule is CC1CC(C)CC(S(=O)(=O)c2ccc(C(=O)O)c(Cl)c2)C1. The van der Waals surface area contributed by atoms with Gasteiger partial charge in [0.05, 0.1) is 20.7 Å². The van der Waals surface area contributed by atoms with E-state index in [0.29, 0.717) is 24.7 Å². The van der Waals surface area contributed by atoms with Crippen LogP contribution >= 0.6 is 11.6 Å². The van der Waals surface area contributed by atoms with E-state index in [1.165, 1.54) is 18.2 Å². The Labute approximate surface area is 130 Å². The van der Waals surface area contributed by atoms with Gasteiger partial charge in [0.15, 0.2) is 9.84 Å². The minimum absolute atomic E-state index is 0.0412. The highest BCUT2D eigenvalue weighted by atomic mass is 35.5. The molecule has 0 heterocycles. The normalized spacial score (nSPS) is 26.5. The van der Waals surface area contributed by atoms with Crippen LogP contribution in [0.1, 0.15) is 43.5 Å². The third-order valence-corrected chi connectivity index (χ3v) is 6.56. The van der Waals surface area contributed by atoms with Crippen LogP contribution in [0.25, 0.3) is 0 Å². The van der Waals surface area contributed by atoms with Crippen LogP contribution in [0.15, 0.2) is 23.1 Å². The Morgan fingerprint density at radius 1 is 1.19 bits per heavy atom. The number of hydrogen-bond acceptors (Lipinski definition) is 3. The first-order valence-corrected chi connectivity index (χ1v) is 8.91. The molecule has 6 heteroatoms. The fourth-order valence-electron chi connectivity index (χ4n) is 3.17. The molecule has 1 aromatic carbocycles. The molecule has 1 fully saturated rings. The third-order valence-electron chi connectivity index (χ3n) is 4.07. The molecular weight excluding hydrogens is 312 g/mol. The molecule has 1 aromatic rings. The van der Waals surface area contributed by atoms with Crippen LogP contribution in [0, 0.1) is 11.8 Å². The molecular formula is C15H19ClO4S. The van der Waals surface area contributed by atoms with Gasteiger partial charge in [-0.1, -0.05) is 25.4 Å². The summed E-state index contributed by atoms with van der Waals surface area (Å²) < 4.78 is 25.4. The molecule has 1 aliphatic carbocycles. The number of rotatable bonds is 3. The Morgan fingerprint density at radius 3 is 2.24 bits per heavy atom. The standard InChI is InChI=1S/C15H19ClO4S/c1-9-5-10(2)7-12(6-9)21(19,20)11-3-4-13(15(17)18)14(16)8-11/h3-4,8-10,12H,5-7H2,1-2H3,(H,17,18). The number of benzene rings is 1. The molecule has 0 aromatic heterocycles. The van der Waals surface area contributed by atoms with Gasteiger partial charge in [-0.2, -0.15) is 0 Å². The summed E-state index contributed by atoms with van der Waals surface area (Å²) >= 11 is 5.88. The number of carbonyl (C=O) groups is 1. The average Bonchev–Trinajstić information content (AvgIpc) is 2.36. The third kappa shape index (κ3) is 3.40. The zero-order valence-electron chi connectivity index (χ0n) is 12.0. The molecule has 4 nitrogen and oxygen atoms in total. The first-order chi connectivity index (χ1) is 9.71. The Hall–Kier alpha value is -1.07. The van der Waals surface area contributed by atoms with E-state index in [4.69, 9.17) is 16.7 Å². The molecule has 1 N–H and O–H groups in total. The maximum Gasteiger partial charge on any atom is 0.337 e. The minimum Gasteiger partial charge on any atom is -0.478 e. The molecule has 116 valence electrons. The van der Waals surface area contributed by atoms with E-state index in [-0.39, 0.29) is 15.5 Å². The fourth-order valence-corrected chi connectivity index (χ4v) is 5.58. The number of carboxylic acid groups (broad SMARTS) is 1. The summed E-state index contributed by atoms with van der Waals surface area (Å²) in [4.78, 5) is 11.1. The van der Waals surface area contributed by atoms with Crippen molar-refractivity contribution in [2.24, 2.45) is 11.8 Å². The van der Waals surface area contributed by atoms with Crippen molar-refractivity contribution in [3.05, 3.63) is 28.8 Å². The first kappa shape index (κ1) is 16.3. The van der Waals surface area contributed by atoms with E-state index in [9.17, 15) is 13.2 Å². The zero-order valence-corrected chi connectivity index (χ0v) is 13.6. The Kier molecular flexibility index (Phi) is 4.63. The molecule has 0 amide bonds. The Morgan fingerprint density at radius 2 is 1.76 bits per heavy atom. The number of halogens is 1. The molecule has 0 aliphatic heterocycles. The summed E-state index contributed by atoms with van der Waals surface area (Å²) in [6.07, 6.45) is 2.33. The predicted molar refractivity (Wildman–Crippen MR) is 81.6 cm³/mol. The van der Waals surface area contributed by atoms with E-state index in [0.717, 1.165) is 6.42 Å². The van der Waals surface area contributed by atoms with Crippen molar-refractivity contribution in [1.29, 1.82) is 0 Å². The van der Waals surface area contributed by atoms with Gasteiger partial charge in [0.2, 0.25) is 0 Å². The van der Waals surface area contributed by atoms with Gasteiger partial charge in [0.1, 0.15) is 0 Å². The summed E-state index contributed by atoms with van der Waals surface area (Å²) in [5.41, 5.74) is -0.0824. The molecule has 2 unspecified atom stereocenters. The van der Waals surface area contributed by atoms with Gasteiger partial charge in [-0.15, -0.1) is 0 Å². The van der Waals surface area contributed by atoms with Gasteiger partial charge in [0, 0.05) is 0 Å². The second kappa shape index (κ2) is 5.97. The second-order valence-electron chi connectivity index (χ2n) is 6.03. The lowest BCUT2D eigenvalue weighted by molar-refractivity contribution is 0.0697. The first-order valence-electron chi connectivity index (χ1n) is 6.98. The van der Waals surface area contributed by atoms with Gasteiger partial charge < -0.3 is 5.11 Å². The monoisotopic (exact) mass is 330 g/mol. The maximum absolute atomic E-state index is 12.7. The molecule has 2 rings (SSSR count). The van der Waals surface area contributed by atoms with Crippen LogP contribution < -0.4 is 0 Å². The number of sulfone groups is 1. The molecule has 0 spiro atoms. The molecule has 0 bridgehead atoms. The summed E-state index contributed by atoms with van der Waals surface area (Å²) in [6, 6.07) is 3.85. The van der Waals surface area contributed by atoms with Gasteiger partial charge in [-0.05, 0) is 49.3 Å². The number of carboxylic acids is 1. The van der Waals surface area contributed by atoms with Crippen molar-refractivity contribution in [2.45, 2.75) is 43.3 Å². The van der Waals surface area contributed by atoms with Gasteiger partial charge in [-0.25, -0.2) is 13.2 Å². The lowest BCUT2D eigenvalue weighted by Gasteiger charge is -2.31. The highest BCUT2D eigenvalue weighted by Gasteiger charge is 2.34. The smallest absolute Gasteiger partial charge is 0.337 e. The zero-order chi connectivity index (χ0) is 15.8. The molecule has 1 saturated carbocycles. The molecule has 1 aliphatic rings. The van der Waals surface area contributed by atoms with Crippen LogP contribution in [0.2, 0.25) is 5.02 Å². The van der Waals surface area contributed by atoms with Crippen molar-refractivity contribution >= 4 is 27.4 Å². The van der Waals surface area contributed by atoms with Crippen LogP contribution in [-0.2, 0) is 9.84 Å². The van der Waals surface area contributed by atoms with Crippen LogP contribution in [0.4, 0.5) is 0 Å². The average molecular weight is 331 g/mol. The Balaban J connectivity index is 2.35. The molecule has 21 heavy (non-hydrogen) atoms. The van der Waals surface area contributed by atoms with Crippen LogP contribution in [-0.4, -0.2) is 24.7 Å². The Bertz CT molecular complexity index is 644. The summed E-state index contributed by atoms with van der Waals surface area (Å²) in [6.45, 7) is 4.14. The summed E-state index contributed by atoms with van der Waals surface area (Å²) in [7, 11) is -3.47. The van der Waals surface area contributed by atoms with Crippen LogP contribution in [0.3, 0.4) is 0 Å². The van der Waals surface area contributed by atoms with Gasteiger partial charge in [0.25, 0.3) is 0 Å². The van der Waals surface area contributed by atoms with Gasteiger partial charge in [-0.3, -0.25) is 0 Å². The molecule has 0 saturated heterocycles. The van der Waals surface area contributed by atoms with Crippen molar-refractivity contribution in [1.82, 2.24) is 0 Å². The van der Waals surface area contributed by atoms with E-state index >= 15 is 0 Å². The highest BCUT2D eigenvalue weighted by Crippen LogP contribution is 2.35. The van der Waals surface area contributed by atoms with E-state index in [1.54, 1.807) is 0 Å². The lowest BCUT2D eigenvalue weighted by Crippen LogP contribution is -2.31. The van der Waals surface area contributed by atoms with Crippen molar-refractivity contribution in [3.8, 4) is 0 Å². The largest absolute Gasteiger partial charge is 0.478 e. The molecule has 2 atom stereocenters. The van der Waals surface area contributed by atoms with E-state index in [2.05, 4.69) is 13.8 Å². The molecule has 0 radical (unpaired) electrons. The number of hydrogen-bond donors (Lipinski definition) is 1. The van der Waals surface area contributed by atoms with Crippen molar-refractivity contribution < 1.29 is 18.3 Å². The number of aromatic carboxylic acids is 1. The topological polar surface area (TPSA) is 71.4 Å². The van der Waals surface area contributed by atoms with Gasteiger partial charge >= 0.3 is 5.97 Å². The van der Waals surface area contributed by atoms with Crippen molar-refractivity contribution in [3.63, 3.8) is 0 Å². The predicted octanol–water partition coefficient (Wildman–Crippen LogP) is 3.64. The van der Waals surface area contributed by atoms with E-state index in [1.807, 2.05) is 0 Å². The second-order valence-corrected chi connectivity index (χ2v) is 8.67. The fraction of sp³-hybridized carbons (Fsp3) is 0.533. The maximum atomic E-state index is 12.7. The lowest BCUT2D eigenvalue weighted by atomic mass is 9.83.